The number of hydrogen-bond donors (Lipinski definition) is 0. The molecule has 0 radical (unpaired) electrons. The lowest BCUT2D eigenvalue weighted by Crippen LogP contribution is -2.65. The number of esters is 3. The van der Waals surface area contributed by atoms with Crippen LogP contribution >= 0.6 is 0 Å². The molecule has 2 saturated carbocycles. The first-order chi connectivity index (χ1) is 17.6. The first-order valence-electron chi connectivity index (χ1n) is 13.0. The smallest absolute Gasteiger partial charge is 0.310 e. The molecule has 196 valence electrons. The molecule has 9 atom stereocenters. The summed E-state index contributed by atoms with van der Waals surface area (Å²) in [6, 6.07) is 8.04. The average molecular weight is 509 g/mol. The second-order valence-corrected chi connectivity index (χ2v) is 11.7. The van der Waals surface area contributed by atoms with E-state index in [4.69, 9.17) is 18.9 Å². The van der Waals surface area contributed by atoms with Crippen molar-refractivity contribution >= 4 is 23.7 Å². The summed E-state index contributed by atoms with van der Waals surface area (Å²) in [4.78, 5) is 52.4. The zero-order valence-electron chi connectivity index (χ0n) is 21.5. The Bertz CT molecular complexity index is 1230. The molecule has 2 aliphatic carbocycles. The molecule has 8 nitrogen and oxygen atoms in total. The molecule has 6 rings (SSSR count). The normalized spacial score (nSPS) is 41.6. The monoisotopic (exact) mass is 508 g/mol. The van der Waals surface area contributed by atoms with Crippen LogP contribution in [0.25, 0.3) is 0 Å². The van der Waals surface area contributed by atoms with E-state index in [1.807, 2.05) is 44.2 Å². The van der Waals surface area contributed by atoms with Crippen LogP contribution in [-0.2, 0) is 38.1 Å². The molecule has 5 aliphatic rings. The lowest BCUT2D eigenvalue weighted by Gasteiger charge is -2.61. The Balaban J connectivity index is 1.39. The van der Waals surface area contributed by atoms with Gasteiger partial charge in [-0.25, -0.2) is 0 Å². The molecule has 0 N–H and O–H groups in total. The number of hydrogen-bond acceptors (Lipinski definition) is 8. The second kappa shape index (κ2) is 8.25. The minimum absolute atomic E-state index is 0.0895. The Morgan fingerprint density at radius 2 is 1.81 bits per heavy atom. The summed E-state index contributed by atoms with van der Waals surface area (Å²) in [5.74, 6) is -3.34. The number of ketones is 1. The highest BCUT2D eigenvalue weighted by Crippen LogP contribution is 2.65. The fraction of sp³-hybridized carbons (Fsp3) is 0.586. The van der Waals surface area contributed by atoms with Gasteiger partial charge in [0.15, 0.2) is 11.9 Å². The lowest BCUT2D eigenvalue weighted by atomic mass is 9.43. The molecule has 0 spiro atoms. The van der Waals surface area contributed by atoms with Crippen LogP contribution in [0.4, 0.5) is 0 Å². The summed E-state index contributed by atoms with van der Waals surface area (Å²) in [6.45, 7) is 5.18. The van der Waals surface area contributed by atoms with Crippen LogP contribution in [0.2, 0.25) is 0 Å². The van der Waals surface area contributed by atoms with E-state index < -0.39 is 52.7 Å². The van der Waals surface area contributed by atoms with Gasteiger partial charge in [0.25, 0.3) is 0 Å². The van der Waals surface area contributed by atoms with Crippen LogP contribution in [0.3, 0.4) is 0 Å². The van der Waals surface area contributed by atoms with Crippen LogP contribution in [0.1, 0.15) is 69.8 Å². The fourth-order valence-corrected chi connectivity index (χ4v) is 8.23. The minimum atomic E-state index is -1.05. The number of cyclic esters (lactones) is 1. The second-order valence-electron chi connectivity index (χ2n) is 11.7. The van der Waals surface area contributed by atoms with Gasteiger partial charge in [-0.2, -0.15) is 0 Å². The summed E-state index contributed by atoms with van der Waals surface area (Å²) < 4.78 is 22.8. The van der Waals surface area contributed by atoms with Crippen molar-refractivity contribution < 1.29 is 38.1 Å². The van der Waals surface area contributed by atoms with Crippen LogP contribution < -0.4 is 0 Å². The highest BCUT2D eigenvalue weighted by Gasteiger charge is 2.68. The van der Waals surface area contributed by atoms with Gasteiger partial charge in [0.1, 0.15) is 18.3 Å². The van der Waals surface area contributed by atoms with Crippen molar-refractivity contribution in [1.29, 1.82) is 0 Å². The first kappa shape index (κ1) is 24.3. The number of methoxy groups -OCH3 is 1. The Kier molecular flexibility index (Phi) is 5.43. The molecule has 8 heteroatoms. The van der Waals surface area contributed by atoms with Gasteiger partial charge in [-0.1, -0.05) is 38.1 Å². The largest absolute Gasteiger partial charge is 0.469 e. The maximum absolute atomic E-state index is 14.0. The third-order valence-electron chi connectivity index (χ3n) is 9.78. The van der Waals surface area contributed by atoms with Gasteiger partial charge in [-0.3, -0.25) is 19.2 Å². The third kappa shape index (κ3) is 3.37. The molecule has 37 heavy (non-hydrogen) atoms. The van der Waals surface area contributed by atoms with Crippen molar-refractivity contribution in [3.63, 3.8) is 0 Å². The Labute approximate surface area is 215 Å². The average Bonchev–Trinajstić information content (AvgIpc) is 3.44. The number of carbonyl (C=O) groups excluding carboxylic acids is 4. The van der Waals surface area contributed by atoms with Crippen LogP contribution in [0.5, 0.6) is 0 Å². The molecular weight excluding hydrogens is 476 g/mol. The topological polar surface area (TPSA) is 105 Å². The first-order valence-corrected chi connectivity index (χ1v) is 13.0. The number of Topliss-reactive ketones (excluding diaryl/α,β-unsaturated/α-hetero) is 1. The van der Waals surface area contributed by atoms with E-state index in [2.05, 4.69) is 0 Å². The minimum Gasteiger partial charge on any atom is -0.469 e. The molecule has 3 aliphatic heterocycles. The van der Waals surface area contributed by atoms with Gasteiger partial charge in [0.05, 0.1) is 18.9 Å². The van der Waals surface area contributed by atoms with Crippen molar-refractivity contribution in [3.05, 3.63) is 47.0 Å². The highest BCUT2D eigenvalue weighted by molar-refractivity contribution is 5.93. The number of carbonyl (C=O) groups is 4. The molecule has 1 saturated heterocycles. The SMILES string of the molecule is COC(=O)[C@@H]1C[C@H](OC(C)=O)C(=O)[C@H]2[C@@]1(C)CC[C@H]1C(=O)O[C@H](C3=CC4OC3c3ccccc34)C[C@]21C. The maximum Gasteiger partial charge on any atom is 0.310 e. The van der Waals surface area contributed by atoms with Crippen LogP contribution in [-0.4, -0.2) is 43.0 Å². The molecule has 3 fully saturated rings. The third-order valence-corrected chi connectivity index (χ3v) is 9.78. The number of fused-ring (bicyclic) bond motifs is 8. The molecule has 0 aromatic heterocycles. The molecule has 1 aromatic carbocycles. The number of rotatable bonds is 3. The standard InChI is InChI=1S/C29H32O8/c1-14(30)35-21-12-19(26(32)34-4)28(2)10-9-18-27(33)37-22(13-29(18,3)25(28)23(21)31)17-11-20-15-7-5-6-8-16(15)24(17)36-20/h5-8,11,18-22,24-25H,9-10,12-13H2,1-4H3/t18-,19-,20?,21-,22-,24?,25-,28-,29-/m0/s1. The number of ether oxygens (including phenoxy) is 4. The predicted octanol–water partition coefficient (Wildman–Crippen LogP) is 3.79. The van der Waals surface area contributed by atoms with E-state index in [1.54, 1.807) is 0 Å². The Morgan fingerprint density at radius 3 is 2.51 bits per heavy atom. The van der Waals surface area contributed by atoms with Crippen molar-refractivity contribution in [3.8, 4) is 0 Å². The van der Waals surface area contributed by atoms with Crippen molar-refractivity contribution in [2.24, 2.45) is 28.6 Å². The molecule has 3 heterocycles. The summed E-state index contributed by atoms with van der Waals surface area (Å²) in [5.41, 5.74) is 1.59. The van der Waals surface area contributed by atoms with E-state index >= 15 is 0 Å². The van der Waals surface area contributed by atoms with Gasteiger partial charge < -0.3 is 18.9 Å². The Hall–Kier alpha value is -3.00. The molecular formula is C29H32O8. The van der Waals surface area contributed by atoms with E-state index in [0.29, 0.717) is 19.3 Å². The van der Waals surface area contributed by atoms with Crippen LogP contribution in [0, 0.1) is 28.6 Å². The quantitative estimate of drug-likeness (QED) is 0.345. The van der Waals surface area contributed by atoms with Gasteiger partial charge in [0.2, 0.25) is 0 Å². The number of benzene rings is 1. The van der Waals surface area contributed by atoms with Gasteiger partial charge >= 0.3 is 17.9 Å². The molecule has 0 amide bonds. The predicted molar refractivity (Wildman–Crippen MR) is 129 cm³/mol. The zero-order valence-corrected chi connectivity index (χ0v) is 21.5. The van der Waals surface area contributed by atoms with E-state index in [0.717, 1.165) is 16.7 Å². The highest BCUT2D eigenvalue weighted by atomic mass is 16.6. The molecule has 2 unspecified atom stereocenters. The van der Waals surface area contributed by atoms with Crippen molar-refractivity contribution in [1.82, 2.24) is 0 Å². The van der Waals surface area contributed by atoms with E-state index in [-0.39, 0.29) is 30.4 Å². The Morgan fingerprint density at radius 1 is 1.08 bits per heavy atom. The van der Waals surface area contributed by atoms with Gasteiger partial charge in [-0.05, 0) is 47.3 Å². The van der Waals surface area contributed by atoms with Crippen molar-refractivity contribution in [2.45, 2.75) is 70.9 Å². The maximum atomic E-state index is 14.0. The van der Waals surface area contributed by atoms with Crippen molar-refractivity contribution in [2.75, 3.05) is 7.11 Å². The molecule has 2 bridgehead atoms. The lowest BCUT2D eigenvalue weighted by molar-refractivity contribution is -0.208. The summed E-state index contributed by atoms with van der Waals surface area (Å²) in [7, 11) is 1.33. The summed E-state index contributed by atoms with van der Waals surface area (Å²) >= 11 is 0. The fourth-order valence-electron chi connectivity index (χ4n) is 8.23. The summed E-state index contributed by atoms with van der Waals surface area (Å²) in [6.07, 6.45) is 1.51. The van der Waals surface area contributed by atoms with Gasteiger partial charge in [0, 0.05) is 24.8 Å². The summed E-state index contributed by atoms with van der Waals surface area (Å²) in [5, 5.41) is 0. The van der Waals surface area contributed by atoms with E-state index in [9.17, 15) is 19.2 Å². The van der Waals surface area contributed by atoms with Gasteiger partial charge in [-0.15, -0.1) is 0 Å². The van der Waals surface area contributed by atoms with E-state index in [1.165, 1.54) is 14.0 Å². The molecule has 1 aromatic rings. The zero-order chi connectivity index (χ0) is 26.3. The van der Waals surface area contributed by atoms with Crippen LogP contribution in [0.15, 0.2) is 35.9 Å².